The smallest absolute Gasteiger partial charge is 0.245 e. The fraction of sp³-hybridized carbons (Fsp3) is 0.420. The number of likely N-dealkylation sites (N-methyl/N-ethyl adjacent to an activating group) is 1. The minimum Gasteiger partial charge on any atom is -0.508 e. The van der Waals surface area contributed by atoms with E-state index in [1.54, 1.807) is 69.4 Å². The highest BCUT2D eigenvalue weighted by Gasteiger charge is 2.40. The third-order valence-electron chi connectivity index (χ3n) is 20.4. The Labute approximate surface area is 717 Å². The Morgan fingerprint density at radius 3 is 1.67 bits per heavy atom. The number of aromatic hydroxyl groups is 1. The molecule has 1 aliphatic heterocycles. The summed E-state index contributed by atoms with van der Waals surface area (Å²) in [4.78, 5) is 225. The van der Waals surface area contributed by atoms with E-state index < -0.39 is 198 Å². The molecule has 0 radical (unpaired) electrons. The Hall–Kier alpha value is -14.0. The molecular formula is C81H108N26O16S. The number of aliphatic hydroxyl groups excluding tert-OH is 1. The van der Waals surface area contributed by atoms with Crippen molar-refractivity contribution < 1.29 is 77.3 Å². The number of carbonyl (C=O) groups excluding carboxylic acids is 14. The van der Waals surface area contributed by atoms with E-state index in [1.807, 2.05) is 24.3 Å². The number of aryl methyl sites for hydroxylation is 1. The lowest BCUT2D eigenvalue weighted by atomic mass is 9.95. The zero-order valence-electron chi connectivity index (χ0n) is 68.8. The minimum absolute atomic E-state index is 0.00251. The number of imidazole rings is 3. The molecule has 4 heterocycles. The number of hydrogen-bond donors (Lipinski definition) is 23. The van der Waals surface area contributed by atoms with Crippen molar-refractivity contribution in [2.45, 2.75) is 151 Å². The van der Waals surface area contributed by atoms with Crippen molar-refractivity contribution in [3.05, 3.63) is 168 Å². The second kappa shape index (κ2) is 47.9. The summed E-state index contributed by atoms with van der Waals surface area (Å²) in [5.41, 5.74) is 19.1. The van der Waals surface area contributed by atoms with E-state index in [2.05, 4.69) is 99.4 Å². The number of thioether (sulfide) groups is 1. The van der Waals surface area contributed by atoms with Gasteiger partial charge in [0, 0.05) is 107 Å². The van der Waals surface area contributed by atoms with Crippen LogP contribution in [0.5, 0.6) is 5.75 Å². The van der Waals surface area contributed by atoms with Crippen LogP contribution in [0.4, 0.5) is 0 Å². The van der Waals surface area contributed by atoms with Crippen molar-refractivity contribution in [3.63, 3.8) is 0 Å². The van der Waals surface area contributed by atoms with Gasteiger partial charge in [-0.05, 0) is 71.2 Å². The lowest BCUT2D eigenvalue weighted by Gasteiger charge is -2.33. The molecular weight excluding hydrogens is 1630 g/mol. The molecule has 0 saturated carbocycles. The first-order chi connectivity index (χ1) is 59.4. The van der Waals surface area contributed by atoms with Gasteiger partial charge in [-0.15, -0.1) is 11.8 Å². The van der Waals surface area contributed by atoms with Crippen LogP contribution in [-0.2, 0) is 113 Å². The van der Waals surface area contributed by atoms with Crippen LogP contribution in [0.15, 0.2) is 135 Å². The van der Waals surface area contributed by atoms with Crippen LogP contribution in [0.25, 0.3) is 10.8 Å². The quantitative estimate of drug-likeness (QED) is 0.0137. The summed E-state index contributed by atoms with van der Waals surface area (Å²) in [5, 5.41) is 75.0. The van der Waals surface area contributed by atoms with Crippen molar-refractivity contribution in [3.8, 4) is 5.75 Å². The number of phenols is 1. The number of amides is 14. The second-order valence-corrected chi connectivity index (χ2v) is 30.8. The van der Waals surface area contributed by atoms with Crippen LogP contribution in [0.2, 0.25) is 0 Å². The molecule has 1 aliphatic rings. The molecule has 664 valence electrons. The summed E-state index contributed by atoms with van der Waals surface area (Å²) in [6, 6.07) is 9.07. The molecule has 1 fully saturated rings. The minimum atomic E-state index is -1.86. The van der Waals surface area contributed by atoms with Crippen LogP contribution in [0.1, 0.15) is 79.7 Å². The summed E-state index contributed by atoms with van der Waals surface area (Å²) >= 11 is 0.801. The van der Waals surface area contributed by atoms with Gasteiger partial charge < -0.3 is 121 Å². The molecule has 14 amide bonds. The molecule has 12 atom stereocenters. The summed E-state index contributed by atoms with van der Waals surface area (Å²) < 4.78 is 1.53. The van der Waals surface area contributed by atoms with Crippen LogP contribution >= 0.6 is 11.8 Å². The fourth-order valence-corrected chi connectivity index (χ4v) is 14.3. The monoisotopic (exact) mass is 1730 g/mol. The maximum Gasteiger partial charge on any atom is 0.245 e. The average molecular weight is 1730 g/mol. The van der Waals surface area contributed by atoms with Crippen LogP contribution in [0.3, 0.4) is 0 Å². The number of H-pyrrole nitrogens is 2. The van der Waals surface area contributed by atoms with E-state index >= 15 is 38.4 Å². The van der Waals surface area contributed by atoms with Crippen molar-refractivity contribution in [1.29, 1.82) is 10.8 Å². The summed E-state index contributed by atoms with van der Waals surface area (Å²) in [6.45, 7) is 0.641. The van der Waals surface area contributed by atoms with E-state index in [1.165, 1.54) is 73.5 Å². The maximum atomic E-state index is 15.4. The molecule has 0 aliphatic carbocycles. The maximum absolute atomic E-state index is 15.4. The number of carbonyl (C=O) groups is 14. The molecule has 1 saturated heterocycles. The second-order valence-electron chi connectivity index (χ2n) is 29.7. The highest BCUT2D eigenvalue weighted by atomic mass is 32.2. The van der Waals surface area contributed by atoms with Gasteiger partial charge in [0.1, 0.15) is 72.2 Å². The molecule has 7 aromatic rings. The number of aromatic amines is 2. The molecule has 8 rings (SSSR count). The zero-order chi connectivity index (χ0) is 89.9. The van der Waals surface area contributed by atoms with E-state index in [0.717, 1.165) is 22.0 Å². The SMILES string of the molecule is CC[C@H](C)[C@@H]1NC(=O)[C@H](Cc2ccccc2)NC(=O)CSC[C@@H](C(=O)NCC(N)=O)NC(=O)[C@H](Cc2cncn2C)NC(=O)[C@H](CCCNC(=N)N)NC(=O)[C@H](Cc2cnc[nH]2)NC(=O)[C@H](Cc2ccc(O)cc2)N(C)C(=O)[C@H](CCCNC(=N)N)NC(=O)[C@H](CO)NC(=O)CNC(=O)[C@H](Cc2cnc[nH]2)NC(=O)[C@H](Cc2cccc3ccccc23)NC1=O. The van der Waals surface area contributed by atoms with Gasteiger partial charge in [0.2, 0.25) is 82.7 Å². The van der Waals surface area contributed by atoms with Gasteiger partial charge in [-0.3, -0.25) is 77.9 Å². The number of hydrogen-bond acceptors (Lipinski definition) is 22. The normalized spacial score (nSPS) is 21.8. The molecule has 124 heavy (non-hydrogen) atoms. The third-order valence-corrected chi connectivity index (χ3v) is 21.4. The van der Waals surface area contributed by atoms with E-state index in [-0.39, 0.29) is 95.2 Å². The molecule has 0 spiro atoms. The molecule has 43 heteroatoms. The van der Waals surface area contributed by atoms with Crippen molar-refractivity contribution >= 4 is 117 Å². The zero-order valence-corrected chi connectivity index (χ0v) is 69.7. The highest BCUT2D eigenvalue weighted by Crippen LogP contribution is 2.23. The Morgan fingerprint density at radius 1 is 0.540 bits per heavy atom. The van der Waals surface area contributed by atoms with Gasteiger partial charge in [0.05, 0.1) is 44.4 Å². The number of nitrogens with one attached hydrogen (secondary N) is 18. The van der Waals surface area contributed by atoms with E-state index in [9.17, 15) is 39.0 Å². The van der Waals surface area contributed by atoms with Gasteiger partial charge in [0.15, 0.2) is 11.9 Å². The lowest BCUT2D eigenvalue weighted by molar-refractivity contribution is -0.143. The van der Waals surface area contributed by atoms with Crippen molar-refractivity contribution in [2.24, 2.45) is 30.2 Å². The Bertz CT molecular complexity index is 4840. The number of aromatic nitrogens is 6. The number of guanidine groups is 2. The van der Waals surface area contributed by atoms with E-state index in [4.69, 9.17) is 28.0 Å². The van der Waals surface area contributed by atoms with Crippen LogP contribution < -0.4 is 91.6 Å². The first-order valence-corrected chi connectivity index (χ1v) is 41.2. The highest BCUT2D eigenvalue weighted by molar-refractivity contribution is 8.00. The van der Waals surface area contributed by atoms with Gasteiger partial charge in [-0.2, -0.15) is 0 Å². The standard InChI is InChI=1S/C81H108N26O16S/c1-5-45(2)68-78(122)103-58(30-49-18-11-17-48-16-9-10-19-54(48)49)72(116)100-59(31-50-34-87-42-94-50)69(113)93-38-66(111)97-62(39-108)76(120)99-56(21-13-27-91-81(85)86)79(123)107(4)64(29-47-22-24-53(109)25-23-47)77(121)102-60(32-51-35-88-43-95-51)73(117)98-55(20-12-26-90-80(83)84)71(115)101-61(33-52-36-89-44-106(52)3)74(118)104-63(70(114)92-37-65(82)110)40-124-41-67(112)96-57(75(119)105-68)28-46-14-7-6-8-15-46/h6-11,14-19,22-25,34-36,42-45,55-64,68,108-109H,5,12-13,20-21,26-33,37-41H2,1-4H3,(H2,82,110)(H,87,94)(H,88,95)(H,92,114)(H,93,113)(H,96,112)(H,97,111)(H,98,117)(H,99,120)(H,100,116)(H,101,115)(H,102,121)(H,103,122)(H,104,118)(H,105,119)(H4,83,84,90)(H4,85,86,91)/t45-,55-,56-,57-,58-,59-,60-,61-,62-,63-,64-,68-/m0/s1. The van der Waals surface area contributed by atoms with Crippen LogP contribution in [0, 0.1) is 16.7 Å². The van der Waals surface area contributed by atoms with Gasteiger partial charge in [-0.25, -0.2) is 15.0 Å². The first kappa shape index (κ1) is 95.5. The largest absolute Gasteiger partial charge is 0.508 e. The first-order valence-electron chi connectivity index (χ1n) is 40.0. The Kier molecular flexibility index (Phi) is 36.8. The summed E-state index contributed by atoms with van der Waals surface area (Å²) in [7, 11) is 2.81. The molecule has 0 unspecified atom stereocenters. The topological polar surface area (TPSA) is 652 Å². The number of nitrogens with zero attached hydrogens (tertiary/aromatic N) is 5. The number of phenolic OH excluding ortho intramolecular Hbond substituents is 1. The molecule has 4 aromatic carbocycles. The fourth-order valence-electron chi connectivity index (χ4n) is 13.4. The van der Waals surface area contributed by atoms with Crippen LogP contribution in [-0.4, -0.2) is 257 Å². The van der Waals surface area contributed by atoms with Crippen molar-refractivity contribution in [1.82, 2.24) is 109 Å². The van der Waals surface area contributed by atoms with Crippen molar-refractivity contribution in [2.75, 3.05) is 51.3 Å². The lowest BCUT2D eigenvalue weighted by Crippen LogP contribution is -2.61. The average Bonchev–Trinajstić information content (AvgIpc) is 0.872. The van der Waals surface area contributed by atoms with E-state index in [0.29, 0.717) is 33.5 Å². The summed E-state index contributed by atoms with van der Waals surface area (Å²) in [5.74, 6) is -16.2. The number of nitrogens with two attached hydrogens (primary N) is 3. The number of benzene rings is 4. The molecule has 42 nitrogen and oxygen atoms in total. The van der Waals surface area contributed by atoms with Gasteiger partial charge in [-0.1, -0.05) is 105 Å². The van der Waals surface area contributed by atoms with Gasteiger partial charge >= 0.3 is 0 Å². The van der Waals surface area contributed by atoms with Gasteiger partial charge in [0.25, 0.3) is 0 Å². The third kappa shape index (κ3) is 30.0. The molecule has 3 aromatic heterocycles. The summed E-state index contributed by atoms with van der Waals surface area (Å²) in [6.07, 6.45) is 6.19. The number of fused-ring (bicyclic) bond motifs is 1. The number of primary amides is 1. The number of aliphatic hydroxyl groups is 1. The molecule has 26 N–H and O–H groups in total. The molecule has 0 bridgehead atoms. The Morgan fingerprint density at radius 2 is 1.06 bits per heavy atom. The Balaban J connectivity index is 1.21. The predicted molar refractivity (Wildman–Crippen MR) is 454 cm³/mol. The predicted octanol–water partition coefficient (Wildman–Crippen LogP) is -4.81. The number of rotatable bonds is 26.